The second-order valence-corrected chi connectivity index (χ2v) is 6.22. The Morgan fingerprint density at radius 3 is 2.71 bits per heavy atom. The van der Waals surface area contributed by atoms with Crippen molar-refractivity contribution in [1.82, 2.24) is 5.32 Å². The van der Waals surface area contributed by atoms with Gasteiger partial charge in [-0.2, -0.15) is 0 Å². The van der Waals surface area contributed by atoms with Gasteiger partial charge in [-0.25, -0.2) is 4.39 Å². The minimum atomic E-state index is -0.435. The minimum Gasteiger partial charge on any atom is -0.449 e. The molecule has 2 amide bonds. The lowest BCUT2D eigenvalue weighted by atomic mass is 10.1. The third-order valence-corrected chi connectivity index (χ3v) is 4.15. The first kappa shape index (κ1) is 19.6. The van der Waals surface area contributed by atoms with Gasteiger partial charge in [0.25, 0.3) is 5.91 Å². The Morgan fingerprint density at radius 1 is 1.21 bits per heavy atom. The van der Waals surface area contributed by atoms with Gasteiger partial charge in [0.05, 0.1) is 5.69 Å². The zero-order valence-corrected chi connectivity index (χ0v) is 15.5. The van der Waals surface area contributed by atoms with Gasteiger partial charge in [0, 0.05) is 20.3 Å². The largest absolute Gasteiger partial charge is 0.449 e. The van der Waals surface area contributed by atoms with Gasteiger partial charge in [0.2, 0.25) is 5.91 Å². The number of halogens is 1. The van der Waals surface area contributed by atoms with Gasteiger partial charge in [-0.3, -0.25) is 14.5 Å². The van der Waals surface area contributed by atoms with Gasteiger partial charge < -0.3 is 14.8 Å². The van der Waals surface area contributed by atoms with Crippen LogP contribution in [0.3, 0.4) is 0 Å². The van der Waals surface area contributed by atoms with Crippen LogP contribution in [0, 0.1) is 5.82 Å². The average Bonchev–Trinajstić information content (AvgIpc) is 2.70. The van der Waals surface area contributed by atoms with Crippen molar-refractivity contribution in [3.8, 4) is 5.75 Å². The van der Waals surface area contributed by atoms with Crippen molar-refractivity contribution in [3.63, 3.8) is 0 Å². The number of anilines is 1. The molecular weight excluding hydrogens is 363 g/mol. The van der Waals surface area contributed by atoms with E-state index in [0.717, 1.165) is 0 Å². The number of carbonyl (C=O) groups excluding carboxylic acids is 2. The molecule has 1 heterocycles. The van der Waals surface area contributed by atoms with Crippen LogP contribution in [0.15, 0.2) is 54.3 Å². The predicted molar refractivity (Wildman–Crippen MR) is 103 cm³/mol. The lowest BCUT2D eigenvalue weighted by Crippen LogP contribution is -2.44. The first-order valence-electron chi connectivity index (χ1n) is 8.90. The van der Waals surface area contributed by atoms with Crippen molar-refractivity contribution in [2.45, 2.75) is 6.42 Å². The minimum absolute atomic E-state index is 0.0671. The van der Waals surface area contributed by atoms with Crippen molar-refractivity contribution in [3.05, 3.63) is 65.7 Å². The van der Waals surface area contributed by atoms with Crippen LogP contribution in [0.2, 0.25) is 0 Å². The van der Waals surface area contributed by atoms with E-state index in [4.69, 9.17) is 9.47 Å². The Bertz CT molecular complexity index is 880. The Kier molecular flexibility index (Phi) is 6.39. The summed E-state index contributed by atoms with van der Waals surface area (Å²) in [5.41, 5.74) is 1.14. The Balaban J connectivity index is 1.81. The van der Waals surface area contributed by atoms with E-state index in [1.807, 2.05) is 0 Å². The zero-order valence-electron chi connectivity index (χ0n) is 15.5. The molecule has 7 heteroatoms. The molecule has 3 rings (SSSR count). The molecule has 1 N–H and O–H groups in total. The van der Waals surface area contributed by atoms with E-state index in [9.17, 15) is 14.0 Å². The Hall–Kier alpha value is -3.19. The van der Waals surface area contributed by atoms with Crippen LogP contribution >= 0.6 is 0 Å². The SMILES string of the molecule is COCCCNC(=O)CN1C(=O)C(=Cc2ccc(F)cc2)Oc2ccccc21. The molecule has 0 aliphatic carbocycles. The Labute approximate surface area is 162 Å². The highest BCUT2D eigenvalue weighted by Crippen LogP contribution is 2.35. The fraction of sp³-hybridized carbons (Fsp3) is 0.238. The van der Waals surface area contributed by atoms with Crippen molar-refractivity contribution >= 4 is 23.6 Å². The molecule has 0 unspecified atom stereocenters. The molecule has 0 aromatic heterocycles. The van der Waals surface area contributed by atoms with Crippen LogP contribution in [0.4, 0.5) is 10.1 Å². The molecular formula is C21H21FN2O4. The third-order valence-electron chi connectivity index (χ3n) is 4.15. The maximum absolute atomic E-state index is 13.1. The molecule has 0 saturated heterocycles. The topological polar surface area (TPSA) is 67.9 Å². The summed E-state index contributed by atoms with van der Waals surface area (Å²) in [6.45, 7) is 0.877. The second-order valence-electron chi connectivity index (χ2n) is 6.22. The van der Waals surface area contributed by atoms with Crippen LogP contribution in [0.1, 0.15) is 12.0 Å². The van der Waals surface area contributed by atoms with Gasteiger partial charge in [-0.15, -0.1) is 0 Å². The lowest BCUT2D eigenvalue weighted by Gasteiger charge is -2.30. The summed E-state index contributed by atoms with van der Waals surface area (Å²) in [6, 6.07) is 12.7. The maximum atomic E-state index is 13.1. The van der Waals surface area contributed by atoms with E-state index in [0.29, 0.717) is 36.6 Å². The van der Waals surface area contributed by atoms with Crippen molar-refractivity contribution in [2.75, 3.05) is 31.7 Å². The van der Waals surface area contributed by atoms with Crippen LogP contribution < -0.4 is 15.0 Å². The number of methoxy groups -OCH3 is 1. The highest BCUT2D eigenvalue weighted by Gasteiger charge is 2.31. The van der Waals surface area contributed by atoms with E-state index >= 15 is 0 Å². The van der Waals surface area contributed by atoms with E-state index in [2.05, 4.69) is 5.32 Å². The zero-order chi connectivity index (χ0) is 19.9. The molecule has 0 bridgehead atoms. The Morgan fingerprint density at radius 2 is 1.96 bits per heavy atom. The van der Waals surface area contributed by atoms with Gasteiger partial charge in [0.1, 0.15) is 12.4 Å². The quantitative estimate of drug-likeness (QED) is 0.589. The van der Waals surface area contributed by atoms with Crippen molar-refractivity contribution < 1.29 is 23.5 Å². The fourth-order valence-corrected chi connectivity index (χ4v) is 2.77. The van der Waals surface area contributed by atoms with Gasteiger partial charge in [-0.1, -0.05) is 24.3 Å². The molecule has 1 aliphatic heterocycles. The molecule has 0 fully saturated rings. The molecule has 2 aromatic rings. The number of fused-ring (bicyclic) bond motifs is 1. The number of nitrogens with zero attached hydrogens (tertiary/aromatic N) is 1. The van der Waals surface area contributed by atoms with E-state index in [-0.39, 0.29) is 24.0 Å². The van der Waals surface area contributed by atoms with Crippen LogP contribution in [-0.4, -0.2) is 38.6 Å². The number of nitrogens with one attached hydrogen (secondary N) is 1. The molecule has 0 radical (unpaired) electrons. The van der Waals surface area contributed by atoms with Crippen LogP contribution in [0.5, 0.6) is 5.75 Å². The van der Waals surface area contributed by atoms with Gasteiger partial charge in [-0.05, 0) is 42.3 Å². The summed E-state index contributed by atoms with van der Waals surface area (Å²) in [6.07, 6.45) is 2.22. The summed E-state index contributed by atoms with van der Waals surface area (Å²) < 4.78 is 23.8. The lowest BCUT2D eigenvalue weighted by molar-refractivity contribution is -0.123. The number of hydrogen-bond acceptors (Lipinski definition) is 4. The molecule has 0 atom stereocenters. The van der Waals surface area contributed by atoms with Crippen molar-refractivity contribution in [1.29, 1.82) is 0 Å². The number of hydrogen-bond donors (Lipinski definition) is 1. The number of carbonyl (C=O) groups is 2. The summed E-state index contributed by atoms with van der Waals surface area (Å²) >= 11 is 0. The smallest absolute Gasteiger partial charge is 0.294 e. The average molecular weight is 384 g/mol. The highest BCUT2D eigenvalue weighted by atomic mass is 19.1. The number of amides is 2. The van der Waals surface area contributed by atoms with Gasteiger partial charge >= 0.3 is 0 Å². The summed E-state index contributed by atoms with van der Waals surface area (Å²) in [5, 5.41) is 2.77. The predicted octanol–water partition coefficient (Wildman–Crippen LogP) is 2.74. The number of rotatable bonds is 7. The molecule has 6 nitrogen and oxygen atoms in total. The third kappa shape index (κ3) is 4.75. The summed E-state index contributed by atoms with van der Waals surface area (Å²) in [5.74, 6) is -0.535. The van der Waals surface area contributed by atoms with Crippen molar-refractivity contribution in [2.24, 2.45) is 0 Å². The first-order chi connectivity index (χ1) is 13.6. The molecule has 146 valence electrons. The maximum Gasteiger partial charge on any atom is 0.294 e. The van der Waals surface area contributed by atoms with Gasteiger partial charge in [0.15, 0.2) is 11.5 Å². The highest BCUT2D eigenvalue weighted by molar-refractivity contribution is 6.12. The monoisotopic (exact) mass is 384 g/mol. The van der Waals surface area contributed by atoms with E-state index < -0.39 is 5.91 Å². The summed E-state index contributed by atoms with van der Waals surface area (Å²) in [7, 11) is 1.60. The van der Waals surface area contributed by atoms with Crippen LogP contribution in [0.25, 0.3) is 6.08 Å². The molecule has 28 heavy (non-hydrogen) atoms. The first-order valence-corrected chi connectivity index (χ1v) is 8.90. The van der Waals surface area contributed by atoms with E-state index in [1.165, 1.54) is 23.1 Å². The van der Waals surface area contributed by atoms with Crippen LogP contribution in [-0.2, 0) is 14.3 Å². The standard InChI is InChI=1S/C21H21FN2O4/c1-27-12-4-11-23-20(25)14-24-17-5-2-3-6-18(17)28-19(21(24)26)13-15-7-9-16(22)10-8-15/h2-3,5-10,13H,4,11-12,14H2,1H3,(H,23,25). The number of para-hydroxylation sites is 2. The molecule has 0 saturated carbocycles. The summed E-state index contributed by atoms with van der Waals surface area (Å²) in [4.78, 5) is 26.6. The molecule has 2 aromatic carbocycles. The fourth-order valence-electron chi connectivity index (χ4n) is 2.77. The molecule has 0 spiro atoms. The second kappa shape index (κ2) is 9.14. The number of benzene rings is 2. The number of ether oxygens (including phenoxy) is 2. The molecule has 1 aliphatic rings. The van der Waals surface area contributed by atoms with E-state index in [1.54, 1.807) is 43.5 Å². The normalized spacial score (nSPS) is 14.6.